The minimum atomic E-state index is -0.215. The number of anilines is 1. The molecule has 0 aliphatic heterocycles. The molecule has 0 aliphatic carbocycles. The van der Waals surface area contributed by atoms with Crippen molar-refractivity contribution in [3.8, 4) is 0 Å². The van der Waals surface area contributed by atoms with E-state index in [1.165, 1.54) is 6.20 Å². The minimum absolute atomic E-state index is 0.215. The number of rotatable bonds is 4. The molecule has 4 N–H and O–H groups in total. The fourth-order valence-electron chi connectivity index (χ4n) is 1.31. The lowest BCUT2D eigenvalue weighted by Crippen LogP contribution is -2.23. The Morgan fingerprint density at radius 3 is 3.06 bits per heavy atom. The maximum atomic E-state index is 11.8. The van der Waals surface area contributed by atoms with Crippen molar-refractivity contribution >= 4 is 22.9 Å². The molecular weight excluding hydrogens is 236 g/mol. The first-order valence-electron chi connectivity index (χ1n) is 5.01. The van der Waals surface area contributed by atoms with Crippen LogP contribution in [-0.2, 0) is 6.54 Å². The van der Waals surface area contributed by atoms with E-state index >= 15 is 0 Å². The molecule has 0 fully saturated rings. The van der Waals surface area contributed by atoms with Gasteiger partial charge in [0.25, 0.3) is 5.91 Å². The van der Waals surface area contributed by atoms with Crippen LogP contribution >= 0.6 is 11.3 Å². The highest BCUT2D eigenvalue weighted by atomic mass is 32.1. The van der Waals surface area contributed by atoms with Crippen LogP contribution < -0.4 is 16.6 Å². The Morgan fingerprint density at radius 2 is 2.35 bits per heavy atom. The van der Waals surface area contributed by atoms with Crippen LogP contribution in [0.2, 0.25) is 0 Å². The molecule has 88 valence electrons. The van der Waals surface area contributed by atoms with Gasteiger partial charge in [-0.2, -0.15) is 11.3 Å². The zero-order valence-electron chi connectivity index (χ0n) is 9.01. The third-order valence-corrected chi connectivity index (χ3v) is 2.92. The Morgan fingerprint density at radius 1 is 1.47 bits per heavy atom. The van der Waals surface area contributed by atoms with E-state index in [0.717, 1.165) is 5.56 Å². The van der Waals surface area contributed by atoms with E-state index < -0.39 is 0 Å². The normalized spacial score (nSPS) is 9.94. The molecule has 2 aromatic heterocycles. The summed E-state index contributed by atoms with van der Waals surface area (Å²) in [6, 6.07) is 5.26. The Balaban J connectivity index is 1.99. The van der Waals surface area contributed by atoms with E-state index in [-0.39, 0.29) is 5.91 Å². The van der Waals surface area contributed by atoms with Crippen LogP contribution in [0.3, 0.4) is 0 Å². The van der Waals surface area contributed by atoms with Crippen LogP contribution in [0.4, 0.5) is 5.69 Å². The molecule has 2 aromatic rings. The molecule has 2 heterocycles. The summed E-state index contributed by atoms with van der Waals surface area (Å²) in [6.45, 7) is 0.504. The topological polar surface area (TPSA) is 80.0 Å². The molecule has 5 nitrogen and oxygen atoms in total. The zero-order valence-corrected chi connectivity index (χ0v) is 9.83. The van der Waals surface area contributed by atoms with Crippen molar-refractivity contribution in [2.45, 2.75) is 6.54 Å². The SMILES string of the molecule is NNc1ccnc(C(=O)NCc2ccsc2)c1. The summed E-state index contributed by atoms with van der Waals surface area (Å²) in [7, 11) is 0. The highest BCUT2D eigenvalue weighted by molar-refractivity contribution is 7.07. The maximum absolute atomic E-state index is 11.8. The Labute approximate surface area is 103 Å². The number of pyridine rings is 1. The first-order valence-corrected chi connectivity index (χ1v) is 5.96. The number of carbonyl (C=O) groups is 1. The van der Waals surface area contributed by atoms with Gasteiger partial charge in [-0.15, -0.1) is 0 Å². The van der Waals surface area contributed by atoms with Gasteiger partial charge in [0.05, 0.1) is 5.69 Å². The molecule has 0 saturated heterocycles. The lowest BCUT2D eigenvalue weighted by atomic mass is 10.3. The molecule has 0 aliphatic rings. The number of nitrogens with two attached hydrogens (primary N) is 1. The second-order valence-corrected chi connectivity index (χ2v) is 4.17. The number of carbonyl (C=O) groups excluding carboxylic acids is 1. The van der Waals surface area contributed by atoms with Gasteiger partial charge in [-0.25, -0.2) is 0 Å². The second-order valence-electron chi connectivity index (χ2n) is 3.39. The highest BCUT2D eigenvalue weighted by Crippen LogP contribution is 2.07. The lowest BCUT2D eigenvalue weighted by Gasteiger charge is -2.04. The smallest absolute Gasteiger partial charge is 0.270 e. The molecule has 6 heteroatoms. The summed E-state index contributed by atoms with van der Waals surface area (Å²) in [4.78, 5) is 15.8. The third-order valence-electron chi connectivity index (χ3n) is 2.19. The second kappa shape index (κ2) is 5.42. The van der Waals surface area contributed by atoms with E-state index in [1.807, 2.05) is 16.8 Å². The van der Waals surface area contributed by atoms with Crippen LogP contribution in [0, 0.1) is 0 Å². The predicted molar refractivity (Wildman–Crippen MR) is 67.5 cm³/mol. The number of thiophene rings is 1. The number of aromatic nitrogens is 1. The van der Waals surface area contributed by atoms with Crippen molar-refractivity contribution in [2.24, 2.45) is 5.84 Å². The van der Waals surface area contributed by atoms with Crippen molar-refractivity contribution in [1.29, 1.82) is 0 Å². The molecule has 0 unspecified atom stereocenters. The van der Waals surface area contributed by atoms with E-state index in [0.29, 0.717) is 17.9 Å². The van der Waals surface area contributed by atoms with Crippen LogP contribution in [0.5, 0.6) is 0 Å². The van der Waals surface area contributed by atoms with Crippen LogP contribution in [0.15, 0.2) is 35.2 Å². The summed E-state index contributed by atoms with van der Waals surface area (Å²) >= 11 is 1.60. The first-order chi connectivity index (χ1) is 8.29. The number of amides is 1. The number of hydrogen-bond acceptors (Lipinski definition) is 5. The summed E-state index contributed by atoms with van der Waals surface area (Å²) in [6.07, 6.45) is 1.54. The van der Waals surface area contributed by atoms with Crippen molar-refractivity contribution in [1.82, 2.24) is 10.3 Å². The number of hydrogen-bond donors (Lipinski definition) is 3. The number of nitrogens with zero attached hydrogens (tertiary/aromatic N) is 1. The average Bonchev–Trinajstić information content (AvgIpc) is 2.89. The molecule has 0 saturated carbocycles. The quantitative estimate of drug-likeness (QED) is 0.564. The maximum Gasteiger partial charge on any atom is 0.270 e. The lowest BCUT2D eigenvalue weighted by molar-refractivity contribution is 0.0946. The van der Waals surface area contributed by atoms with Gasteiger partial charge < -0.3 is 10.7 Å². The third kappa shape index (κ3) is 3.02. The average molecular weight is 248 g/mol. The van der Waals surface area contributed by atoms with E-state index in [4.69, 9.17) is 5.84 Å². The van der Waals surface area contributed by atoms with Crippen LogP contribution in [-0.4, -0.2) is 10.9 Å². The highest BCUT2D eigenvalue weighted by Gasteiger charge is 2.07. The van der Waals surface area contributed by atoms with Crippen molar-refractivity contribution in [3.05, 3.63) is 46.4 Å². The van der Waals surface area contributed by atoms with Crippen LogP contribution in [0.1, 0.15) is 16.1 Å². The van der Waals surface area contributed by atoms with Gasteiger partial charge >= 0.3 is 0 Å². The van der Waals surface area contributed by atoms with Crippen LogP contribution in [0.25, 0.3) is 0 Å². The van der Waals surface area contributed by atoms with Gasteiger partial charge in [0.15, 0.2) is 0 Å². The van der Waals surface area contributed by atoms with Crippen molar-refractivity contribution < 1.29 is 4.79 Å². The number of nitrogens with one attached hydrogen (secondary N) is 2. The molecular formula is C11H12N4OS. The largest absolute Gasteiger partial charge is 0.347 e. The minimum Gasteiger partial charge on any atom is -0.347 e. The van der Waals surface area contributed by atoms with Gasteiger partial charge in [-0.3, -0.25) is 15.6 Å². The zero-order chi connectivity index (χ0) is 12.1. The summed E-state index contributed by atoms with van der Waals surface area (Å²) in [5.41, 5.74) is 4.55. The predicted octanol–water partition coefficient (Wildman–Crippen LogP) is 1.36. The summed E-state index contributed by atoms with van der Waals surface area (Å²) in [5, 5.41) is 6.75. The number of nitrogen functional groups attached to an aromatic ring is 1. The Kier molecular flexibility index (Phi) is 3.69. The molecule has 0 atom stereocenters. The van der Waals surface area contributed by atoms with Gasteiger partial charge in [0, 0.05) is 12.7 Å². The number of hydrazine groups is 1. The molecule has 2 rings (SSSR count). The Hall–Kier alpha value is -1.92. The molecule has 0 aromatic carbocycles. The monoisotopic (exact) mass is 248 g/mol. The molecule has 0 spiro atoms. The van der Waals surface area contributed by atoms with E-state index in [9.17, 15) is 4.79 Å². The summed E-state index contributed by atoms with van der Waals surface area (Å²) < 4.78 is 0. The molecule has 0 bridgehead atoms. The van der Waals surface area contributed by atoms with E-state index in [1.54, 1.807) is 23.5 Å². The molecule has 1 amide bonds. The molecule has 0 radical (unpaired) electrons. The van der Waals surface area contributed by atoms with Gasteiger partial charge in [-0.05, 0) is 34.5 Å². The van der Waals surface area contributed by atoms with Gasteiger partial charge in [0.1, 0.15) is 5.69 Å². The van der Waals surface area contributed by atoms with Crippen molar-refractivity contribution in [3.63, 3.8) is 0 Å². The fourth-order valence-corrected chi connectivity index (χ4v) is 1.98. The fraction of sp³-hybridized carbons (Fsp3) is 0.0909. The van der Waals surface area contributed by atoms with E-state index in [2.05, 4.69) is 15.7 Å². The van der Waals surface area contributed by atoms with Gasteiger partial charge in [0.2, 0.25) is 0 Å². The Bertz CT molecular complexity index is 498. The van der Waals surface area contributed by atoms with Gasteiger partial charge in [-0.1, -0.05) is 0 Å². The standard InChI is InChI=1S/C11H12N4OS/c12-15-9-1-3-13-10(5-9)11(16)14-6-8-2-4-17-7-8/h1-5,7H,6,12H2,(H,13,15)(H,14,16). The first kappa shape index (κ1) is 11.6. The molecule has 17 heavy (non-hydrogen) atoms. The summed E-state index contributed by atoms with van der Waals surface area (Å²) in [5.74, 6) is 5.05. The van der Waals surface area contributed by atoms with Crippen molar-refractivity contribution in [2.75, 3.05) is 5.43 Å².